The minimum atomic E-state index is -0.861. The molecular weight excluding hydrogens is 412 g/mol. The number of piperidine rings is 1. The third-order valence-electron chi connectivity index (χ3n) is 7.18. The van der Waals surface area contributed by atoms with Crippen LogP contribution in [0.5, 0.6) is 0 Å². The number of hydrogen-bond donors (Lipinski definition) is 1. The zero-order valence-corrected chi connectivity index (χ0v) is 19.7. The van der Waals surface area contributed by atoms with Gasteiger partial charge < -0.3 is 15.0 Å². The van der Waals surface area contributed by atoms with Crippen LogP contribution >= 0.6 is 11.3 Å². The van der Waals surface area contributed by atoms with Gasteiger partial charge in [0.2, 0.25) is 5.91 Å². The number of fused-ring (bicyclic) bond motifs is 1. The van der Waals surface area contributed by atoms with Gasteiger partial charge in [-0.3, -0.25) is 4.79 Å². The van der Waals surface area contributed by atoms with Gasteiger partial charge in [-0.25, -0.2) is 14.8 Å². The second-order valence-corrected chi connectivity index (χ2v) is 10.4. The number of amides is 1. The van der Waals surface area contributed by atoms with E-state index in [1.807, 2.05) is 0 Å². The van der Waals surface area contributed by atoms with Gasteiger partial charge in [-0.15, -0.1) is 11.3 Å². The van der Waals surface area contributed by atoms with Crippen LogP contribution in [0.4, 0.5) is 5.82 Å². The molecule has 0 bridgehead atoms. The largest absolute Gasteiger partial charge is 0.467 e. The predicted molar refractivity (Wildman–Crippen MR) is 122 cm³/mol. The second-order valence-electron chi connectivity index (χ2n) is 9.17. The number of aromatic nitrogens is 2. The average molecular weight is 445 g/mol. The van der Waals surface area contributed by atoms with Crippen molar-refractivity contribution in [3.63, 3.8) is 0 Å². The number of esters is 1. The average Bonchev–Trinajstić information content (AvgIpc) is 3.08. The van der Waals surface area contributed by atoms with Crippen LogP contribution in [0.1, 0.15) is 55.9 Å². The molecule has 2 aliphatic rings. The van der Waals surface area contributed by atoms with Gasteiger partial charge in [0, 0.05) is 23.9 Å². The Morgan fingerprint density at radius 2 is 1.84 bits per heavy atom. The molecule has 0 radical (unpaired) electrons. The number of ether oxygens (including phenoxy) is 1. The topological polar surface area (TPSA) is 84.4 Å². The van der Waals surface area contributed by atoms with E-state index in [4.69, 9.17) is 4.74 Å². The lowest BCUT2D eigenvalue weighted by molar-refractivity contribution is -0.153. The van der Waals surface area contributed by atoms with Gasteiger partial charge in [-0.05, 0) is 63.9 Å². The first-order chi connectivity index (χ1) is 14.8. The highest BCUT2D eigenvalue weighted by Crippen LogP contribution is 2.36. The van der Waals surface area contributed by atoms with E-state index >= 15 is 0 Å². The lowest BCUT2D eigenvalue weighted by Crippen LogP contribution is -2.58. The first-order valence-corrected chi connectivity index (χ1v) is 12.0. The van der Waals surface area contributed by atoms with Crippen LogP contribution in [-0.2, 0) is 14.3 Å². The van der Waals surface area contributed by atoms with Gasteiger partial charge in [0.25, 0.3) is 0 Å². The van der Waals surface area contributed by atoms with Crippen molar-refractivity contribution in [2.45, 2.75) is 64.8 Å². The normalized spacial score (nSPS) is 24.9. The molecule has 1 aliphatic carbocycles. The van der Waals surface area contributed by atoms with Crippen molar-refractivity contribution >= 4 is 39.2 Å². The van der Waals surface area contributed by atoms with Gasteiger partial charge in [0.05, 0.1) is 12.5 Å². The van der Waals surface area contributed by atoms with E-state index in [1.54, 1.807) is 17.7 Å². The van der Waals surface area contributed by atoms with Crippen molar-refractivity contribution in [3.8, 4) is 0 Å². The molecule has 2 aromatic heterocycles. The summed E-state index contributed by atoms with van der Waals surface area (Å²) in [4.78, 5) is 39.2. The number of anilines is 1. The lowest BCUT2D eigenvalue weighted by atomic mass is 9.76. The fourth-order valence-corrected chi connectivity index (χ4v) is 5.92. The zero-order valence-electron chi connectivity index (χ0n) is 18.9. The maximum atomic E-state index is 13.1. The molecule has 0 aromatic carbocycles. The molecule has 0 unspecified atom stereocenters. The molecule has 0 atom stereocenters. The number of carbonyl (C=O) groups is 2. The summed E-state index contributed by atoms with van der Waals surface area (Å²) in [6.45, 7) is 7.96. The standard InChI is InChI=1S/C23H32N4O3S/c1-14-5-9-23(10-6-14,22(29)30-4)26-20(28)17-7-11-27(12-8-17)19-18-15(2)16(3)31-21(18)25-13-24-19/h13-14,17H,5-12H2,1-4H3,(H,26,28). The van der Waals surface area contributed by atoms with E-state index in [9.17, 15) is 9.59 Å². The number of carbonyl (C=O) groups excluding carboxylic acids is 2. The molecule has 31 heavy (non-hydrogen) atoms. The molecule has 3 heterocycles. The molecular formula is C23H32N4O3S. The second kappa shape index (κ2) is 8.73. The molecule has 2 aromatic rings. The van der Waals surface area contributed by atoms with E-state index < -0.39 is 5.54 Å². The summed E-state index contributed by atoms with van der Waals surface area (Å²) >= 11 is 1.70. The Bertz CT molecular complexity index is 973. The number of nitrogens with one attached hydrogen (secondary N) is 1. The molecule has 1 saturated carbocycles. The van der Waals surface area contributed by atoms with Gasteiger partial charge in [-0.1, -0.05) is 6.92 Å². The summed E-state index contributed by atoms with van der Waals surface area (Å²) in [6.07, 6.45) is 6.28. The van der Waals surface area contributed by atoms with Crippen molar-refractivity contribution in [1.82, 2.24) is 15.3 Å². The molecule has 4 rings (SSSR count). The summed E-state index contributed by atoms with van der Waals surface area (Å²) in [5.41, 5.74) is 0.376. The van der Waals surface area contributed by atoms with Gasteiger partial charge in [-0.2, -0.15) is 0 Å². The van der Waals surface area contributed by atoms with E-state index in [0.717, 1.165) is 54.8 Å². The Morgan fingerprint density at radius 1 is 1.16 bits per heavy atom. The van der Waals surface area contributed by atoms with Crippen LogP contribution in [0.25, 0.3) is 10.2 Å². The molecule has 1 aliphatic heterocycles. The van der Waals surface area contributed by atoms with Crippen molar-refractivity contribution < 1.29 is 14.3 Å². The van der Waals surface area contributed by atoms with Gasteiger partial charge in [0.1, 0.15) is 22.5 Å². The monoisotopic (exact) mass is 444 g/mol. The minimum absolute atomic E-state index is 0.0185. The summed E-state index contributed by atoms with van der Waals surface area (Å²) in [5.74, 6) is 1.12. The summed E-state index contributed by atoms with van der Waals surface area (Å²) in [7, 11) is 1.41. The van der Waals surface area contributed by atoms with E-state index in [-0.39, 0.29) is 17.8 Å². The Hall–Kier alpha value is -2.22. The SMILES string of the molecule is COC(=O)C1(NC(=O)C2CCN(c3ncnc4sc(C)c(C)c34)CC2)CCC(C)CC1. The first kappa shape index (κ1) is 22.0. The highest BCUT2D eigenvalue weighted by molar-refractivity contribution is 7.18. The van der Waals surface area contributed by atoms with E-state index in [1.165, 1.54) is 17.6 Å². The van der Waals surface area contributed by atoms with Crippen LogP contribution in [0.3, 0.4) is 0 Å². The van der Waals surface area contributed by atoms with Crippen molar-refractivity contribution in [2.24, 2.45) is 11.8 Å². The number of nitrogens with zero attached hydrogens (tertiary/aromatic N) is 3. The highest BCUT2D eigenvalue weighted by atomic mass is 32.1. The third kappa shape index (κ3) is 4.14. The number of aryl methyl sites for hydroxylation is 2. The van der Waals surface area contributed by atoms with Gasteiger partial charge in [0.15, 0.2) is 0 Å². The smallest absolute Gasteiger partial charge is 0.331 e. The Kier molecular flexibility index (Phi) is 6.19. The zero-order chi connectivity index (χ0) is 22.2. The summed E-state index contributed by atoms with van der Waals surface area (Å²) in [5, 5.41) is 4.25. The Balaban J connectivity index is 1.44. The van der Waals surface area contributed by atoms with Crippen molar-refractivity contribution in [3.05, 3.63) is 16.8 Å². The molecule has 2 fully saturated rings. The molecule has 8 heteroatoms. The Labute approximate surface area is 187 Å². The van der Waals surface area contributed by atoms with Crippen LogP contribution in [-0.4, -0.2) is 47.6 Å². The molecule has 7 nitrogen and oxygen atoms in total. The first-order valence-electron chi connectivity index (χ1n) is 11.2. The van der Waals surface area contributed by atoms with Crippen LogP contribution in [0.15, 0.2) is 6.33 Å². The maximum absolute atomic E-state index is 13.1. The molecule has 1 N–H and O–H groups in total. The molecule has 168 valence electrons. The third-order valence-corrected chi connectivity index (χ3v) is 8.29. The van der Waals surface area contributed by atoms with E-state index in [0.29, 0.717) is 18.8 Å². The van der Waals surface area contributed by atoms with Gasteiger partial charge >= 0.3 is 5.97 Å². The number of methoxy groups -OCH3 is 1. The number of rotatable bonds is 4. The quantitative estimate of drug-likeness (QED) is 0.723. The maximum Gasteiger partial charge on any atom is 0.331 e. The highest BCUT2D eigenvalue weighted by Gasteiger charge is 2.44. The number of hydrogen-bond acceptors (Lipinski definition) is 7. The van der Waals surface area contributed by atoms with E-state index in [2.05, 4.69) is 41.0 Å². The lowest BCUT2D eigenvalue weighted by Gasteiger charge is -2.39. The predicted octanol–water partition coefficient (Wildman–Crippen LogP) is 3.76. The van der Waals surface area contributed by atoms with Crippen LogP contribution in [0, 0.1) is 25.7 Å². The molecule has 1 saturated heterocycles. The molecule has 0 spiro atoms. The number of thiophene rings is 1. The summed E-state index contributed by atoms with van der Waals surface area (Å²) in [6, 6.07) is 0. The van der Waals surface area contributed by atoms with Crippen molar-refractivity contribution in [2.75, 3.05) is 25.1 Å². The Morgan fingerprint density at radius 3 is 2.48 bits per heavy atom. The molecule has 1 amide bonds. The fourth-order valence-electron chi connectivity index (χ4n) is 4.93. The minimum Gasteiger partial charge on any atom is -0.467 e. The van der Waals surface area contributed by atoms with Crippen molar-refractivity contribution in [1.29, 1.82) is 0 Å². The van der Waals surface area contributed by atoms with Crippen LogP contribution < -0.4 is 10.2 Å². The fraction of sp³-hybridized carbons (Fsp3) is 0.652. The summed E-state index contributed by atoms with van der Waals surface area (Å²) < 4.78 is 5.07. The van der Waals surface area contributed by atoms with Crippen LogP contribution in [0.2, 0.25) is 0 Å².